The first kappa shape index (κ1) is 13.3. The normalized spacial score (nSPS) is 13.1. The summed E-state index contributed by atoms with van der Waals surface area (Å²) in [5, 5.41) is 8.09. The van der Waals surface area contributed by atoms with Gasteiger partial charge < -0.3 is 10.6 Å². The van der Waals surface area contributed by atoms with Crippen molar-refractivity contribution in [2.45, 2.75) is 19.3 Å². The molecule has 0 saturated carbocycles. The lowest BCUT2D eigenvalue weighted by Gasteiger charge is -2.06. The minimum Gasteiger partial charge on any atom is -0.355 e. The summed E-state index contributed by atoms with van der Waals surface area (Å²) in [4.78, 5) is 26.1. The molecule has 0 saturated heterocycles. The molecule has 0 bridgehead atoms. The molecule has 0 fully saturated rings. The summed E-state index contributed by atoms with van der Waals surface area (Å²) in [6.45, 7) is 0. The van der Waals surface area contributed by atoms with E-state index in [9.17, 15) is 9.59 Å². The third-order valence-corrected chi connectivity index (χ3v) is 5.42. The van der Waals surface area contributed by atoms with Crippen molar-refractivity contribution in [3.63, 3.8) is 0 Å². The fourth-order valence-corrected chi connectivity index (χ4v) is 4.33. The first-order chi connectivity index (χ1) is 9.70. The molecule has 104 valence electrons. The van der Waals surface area contributed by atoms with E-state index in [1.54, 1.807) is 13.1 Å². The van der Waals surface area contributed by atoms with Gasteiger partial charge in [-0.25, -0.2) is 0 Å². The molecule has 2 aromatic heterocycles. The van der Waals surface area contributed by atoms with Crippen LogP contribution in [-0.4, -0.2) is 18.9 Å². The molecule has 1 aliphatic carbocycles. The average Bonchev–Trinajstić information content (AvgIpc) is 3.13. The highest BCUT2D eigenvalue weighted by molar-refractivity contribution is 7.17. The van der Waals surface area contributed by atoms with Crippen LogP contribution in [0.4, 0.5) is 5.00 Å². The number of rotatable bonds is 3. The molecular weight excluding hydrogens is 292 g/mol. The van der Waals surface area contributed by atoms with Crippen LogP contribution in [0.2, 0.25) is 0 Å². The van der Waals surface area contributed by atoms with Crippen molar-refractivity contribution in [3.8, 4) is 0 Å². The van der Waals surface area contributed by atoms with Crippen LogP contribution in [0, 0.1) is 0 Å². The summed E-state index contributed by atoms with van der Waals surface area (Å²) in [6, 6.07) is 3.62. The van der Waals surface area contributed by atoms with Crippen molar-refractivity contribution in [3.05, 3.63) is 38.4 Å². The predicted molar refractivity (Wildman–Crippen MR) is 82.0 cm³/mol. The van der Waals surface area contributed by atoms with Gasteiger partial charge in [-0.2, -0.15) is 0 Å². The molecule has 0 aliphatic heterocycles. The summed E-state index contributed by atoms with van der Waals surface area (Å²) >= 11 is 2.92. The molecule has 2 amide bonds. The van der Waals surface area contributed by atoms with Crippen molar-refractivity contribution in [1.82, 2.24) is 5.32 Å². The molecule has 4 nitrogen and oxygen atoms in total. The van der Waals surface area contributed by atoms with Gasteiger partial charge in [0, 0.05) is 11.9 Å². The SMILES string of the molecule is CNC(=O)c1c(NC(=O)c2cccs2)sc2c1CCC2. The first-order valence-electron chi connectivity index (χ1n) is 6.42. The first-order valence-corrected chi connectivity index (χ1v) is 8.11. The Balaban J connectivity index is 1.93. The fraction of sp³-hybridized carbons (Fsp3) is 0.286. The molecule has 0 unspecified atom stereocenters. The maximum Gasteiger partial charge on any atom is 0.266 e. The molecule has 0 radical (unpaired) electrons. The molecule has 0 spiro atoms. The quantitative estimate of drug-likeness (QED) is 0.916. The van der Waals surface area contributed by atoms with Gasteiger partial charge in [-0.05, 0) is 36.3 Å². The van der Waals surface area contributed by atoms with Crippen LogP contribution >= 0.6 is 22.7 Å². The molecule has 1 aliphatic rings. The maximum absolute atomic E-state index is 12.1. The minimum atomic E-state index is -0.148. The van der Waals surface area contributed by atoms with Gasteiger partial charge in [0.05, 0.1) is 10.4 Å². The molecule has 2 aromatic rings. The van der Waals surface area contributed by atoms with Gasteiger partial charge in [0.2, 0.25) is 0 Å². The molecule has 3 rings (SSSR count). The van der Waals surface area contributed by atoms with E-state index in [-0.39, 0.29) is 11.8 Å². The van der Waals surface area contributed by atoms with Gasteiger partial charge in [0.25, 0.3) is 11.8 Å². The van der Waals surface area contributed by atoms with Crippen molar-refractivity contribution in [2.75, 3.05) is 12.4 Å². The number of hydrogen-bond donors (Lipinski definition) is 2. The number of nitrogens with one attached hydrogen (secondary N) is 2. The van der Waals surface area contributed by atoms with Crippen LogP contribution in [0.1, 0.15) is 36.9 Å². The van der Waals surface area contributed by atoms with Crippen LogP contribution in [0.15, 0.2) is 17.5 Å². The van der Waals surface area contributed by atoms with E-state index in [2.05, 4.69) is 10.6 Å². The van der Waals surface area contributed by atoms with Crippen LogP contribution in [-0.2, 0) is 12.8 Å². The van der Waals surface area contributed by atoms with Gasteiger partial charge in [-0.15, -0.1) is 22.7 Å². The van der Waals surface area contributed by atoms with Gasteiger partial charge in [0.15, 0.2) is 0 Å². The summed E-state index contributed by atoms with van der Waals surface area (Å²) in [7, 11) is 1.62. The minimum absolute atomic E-state index is 0.120. The summed E-state index contributed by atoms with van der Waals surface area (Å²) in [6.07, 6.45) is 3.01. The number of amides is 2. The second kappa shape index (κ2) is 5.38. The Kier molecular flexibility index (Phi) is 3.58. The second-order valence-electron chi connectivity index (χ2n) is 4.57. The van der Waals surface area contributed by atoms with Gasteiger partial charge in [-0.3, -0.25) is 9.59 Å². The Labute approximate surface area is 124 Å². The average molecular weight is 306 g/mol. The van der Waals surface area contributed by atoms with E-state index in [1.165, 1.54) is 27.6 Å². The van der Waals surface area contributed by atoms with Crippen LogP contribution < -0.4 is 10.6 Å². The zero-order chi connectivity index (χ0) is 14.1. The lowest BCUT2D eigenvalue weighted by atomic mass is 10.1. The zero-order valence-electron chi connectivity index (χ0n) is 11.0. The molecule has 6 heteroatoms. The highest BCUT2D eigenvalue weighted by atomic mass is 32.1. The number of carbonyl (C=O) groups excluding carboxylic acids is 2. The number of aryl methyl sites for hydroxylation is 1. The lowest BCUT2D eigenvalue weighted by molar-refractivity contribution is 0.0963. The Morgan fingerprint density at radius 2 is 2.10 bits per heavy atom. The van der Waals surface area contributed by atoms with Crippen molar-refractivity contribution in [2.24, 2.45) is 0 Å². The smallest absolute Gasteiger partial charge is 0.266 e. The number of fused-ring (bicyclic) bond motifs is 1. The largest absolute Gasteiger partial charge is 0.355 e. The van der Waals surface area contributed by atoms with Crippen LogP contribution in [0.3, 0.4) is 0 Å². The molecular formula is C14H14N2O2S2. The van der Waals surface area contributed by atoms with Gasteiger partial charge in [0.1, 0.15) is 5.00 Å². The molecule has 2 heterocycles. The van der Waals surface area contributed by atoms with Crippen LogP contribution in [0.25, 0.3) is 0 Å². The third kappa shape index (κ3) is 2.25. The highest BCUT2D eigenvalue weighted by Gasteiger charge is 2.27. The van der Waals surface area contributed by atoms with E-state index < -0.39 is 0 Å². The topological polar surface area (TPSA) is 58.2 Å². The van der Waals surface area contributed by atoms with Gasteiger partial charge >= 0.3 is 0 Å². The van der Waals surface area contributed by atoms with Crippen molar-refractivity contribution < 1.29 is 9.59 Å². The Bertz CT molecular complexity index is 659. The summed E-state index contributed by atoms with van der Waals surface area (Å²) in [5.41, 5.74) is 1.76. The monoisotopic (exact) mass is 306 g/mol. The van der Waals surface area contributed by atoms with E-state index in [1.807, 2.05) is 11.4 Å². The highest BCUT2D eigenvalue weighted by Crippen LogP contribution is 2.39. The Morgan fingerprint density at radius 3 is 2.80 bits per heavy atom. The second-order valence-corrected chi connectivity index (χ2v) is 6.62. The fourth-order valence-electron chi connectivity index (χ4n) is 2.43. The van der Waals surface area contributed by atoms with E-state index in [0.717, 1.165) is 24.8 Å². The molecule has 0 atom stereocenters. The van der Waals surface area contributed by atoms with Crippen LogP contribution in [0.5, 0.6) is 0 Å². The number of anilines is 1. The standard InChI is InChI=1S/C14H14N2O2S2/c1-15-13(18)11-8-4-2-5-9(8)20-14(11)16-12(17)10-6-3-7-19-10/h3,6-7H,2,4-5H2,1H3,(H,15,18)(H,16,17). The number of hydrogen-bond acceptors (Lipinski definition) is 4. The Morgan fingerprint density at radius 1 is 1.25 bits per heavy atom. The predicted octanol–water partition coefficient (Wildman–Crippen LogP) is 2.91. The lowest BCUT2D eigenvalue weighted by Crippen LogP contribution is -2.21. The van der Waals surface area contributed by atoms with Gasteiger partial charge in [-0.1, -0.05) is 6.07 Å². The summed E-state index contributed by atoms with van der Waals surface area (Å²) < 4.78 is 0. The number of thiophene rings is 2. The Hall–Kier alpha value is -1.66. The summed E-state index contributed by atoms with van der Waals surface area (Å²) in [5.74, 6) is -0.268. The van der Waals surface area contributed by atoms with E-state index in [0.29, 0.717) is 15.4 Å². The third-order valence-electron chi connectivity index (χ3n) is 3.35. The number of carbonyl (C=O) groups is 2. The molecule has 2 N–H and O–H groups in total. The zero-order valence-corrected chi connectivity index (χ0v) is 12.6. The maximum atomic E-state index is 12.1. The van der Waals surface area contributed by atoms with Crippen molar-refractivity contribution in [1.29, 1.82) is 0 Å². The molecule has 20 heavy (non-hydrogen) atoms. The van der Waals surface area contributed by atoms with E-state index in [4.69, 9.17) is 0 Å². The van der Waals surface area contributed by atoms with Crippen molar-refractivity contribution >= 4 is 39.5 Å². The van der Waals surface area contributed by atoms with E-state index >= 15 is 0 Å². The molecule has 0 aromatic carbocycles.